The van der Waals surface area contributed by atoms with Gasteiger partial charge in [0.2, 0.25) is 0 Å². The van der Waals surface area contributed by atoms with Crippen molar-refractivity contribution in [2.45, 2.75) is 6.18 Å². The first-order valence-corrected chi connectivity index (χ1v) is 4.48. The van der Waals surface area contributed by atoms with E-state index in [0.29, 0.717) is 18.2 Å². The van der Waals surface area contributed by atoms with E-state index < -0.39 is 28.3 Å². The zero-order valence-electron chi connectivity index (χ0n) is 8.64. The van der Waals surface area contributed by atoms with E-state index in [9.17, 15) is 28.1 Å². The first kappa shape index (κ1) is 13.7. The third-order valence-corrected chi connectivity index (χ3v) is 1.94. The highest BCUT2D eigenvalue weighted by molar-refractivity contribution is 5.85. The van der Waals surface area contributed by atoms with Crippen molar-refractivity contribution in [3.63, 3.8) is 0 Å². The molecule has 0 bridgehead atoms. The van der Waals surface area contributed by atoms with E-state index in [1.165, 1.54) is 0 Å². The molecule has 1 aromatic carbocycles. The molecule has 1 rings (SSSR count). The molecule has 0 fully saturated rings. The highest BCUT2D eigenvalue weighted by Gasteiger charge is 2.38. The van der Waals surface area contributed by atoms with E-state index in [0.717, 1.165) is 12.1 Å². The fourth-order valence-electron chi connectivity index (χ4n) is 1.21. The maximum atomic E-state index is 12.4. The normalized spacial score (nSPS) is 11.7. The van der Waals surface area contributed by atoms with Crippen LogP contribution in [-0.4, -0.2) is 16.0 Å². The molecular weight excluding hydrogens is 255 g/mol. The molecular formula is C10H6F3NO4. The van der Waals surface area contributed by atoms with Crippen molar-refractivity contribution in [3.05, 3.63) is 45.5 Å². The van der Waals surface area contributed by atoms with Crippen LogP contribution in [0.1, 0.15) is 11.1 Å². The Morgan fingerprint density at radius 1 is 1.39 bits per heavy atom. The topological polar surface area (TPSA) is 80.4 Å². The smallest absolute Gasteiger partial charge is 0.422 e. The maximum Gasteiger partial charge on any atom is 0.422 e. The average molecular weight is 261 g/mol. The fourth-order valence-corrected chi connectivity index (χ4v) is 1.21. The van der Waals surface area contributed by atoms with Gasteiger partial charge in [-0.1, -0.05) is 6.07 Å². The van der Waals surface area contributed by atoms with Crippen LogP contribution >= 0.6 is 0 Å². The van der Waals surface area contributed by atoms with E-state index >= 15 is 0 Å². The van der Waals surface area contributed by atoms with E-state index in [1.54, 1.807) is 0 Å². The Morgan fingerprint density at radius 2 is 2.00 bits per heavy atom. The standard InChI is InChI=1S/C10H6F3NO4/c11-10(12,13)7-3-1-6(2-4-9(15)16)5-8(7)14(17)18/h1-5H,(H,15,16)/b4-2+. The van der Waals surface area contributed by atoms with Crippen molar-refractivity contribution in [3.8, 4) is 0 Å². The summed E-state index contributed by atoms with van der Waals surface area (Å²) in [5, 5.41) is 18.9. The third-order valence-electron chi connectivity index (χ3n) is 1.94. The van der Waals surface area contributed by atoms with Crippen molar-refractivity contribution in [1.82, 2.24) is 0 Å². The minimum atomic E-state index is -4.84. The number of carboxylic acid groups (broad SMARTS) is 1. The molecule has 0 unspecified atom stereocenters. The molecule has 0 heterocycles. The Morgan fingerprint density at radius 3 is 2.44 bits per heavy atom. The number of hydrogen-bond donors (Lipinski definition) is 1. The average Bonchev–Trinajstić information content (AvgIpc) is 2.24. The molecule has 0 saturated heterocycles. The Balaban J connectivity index is 3.28. The second-order valence-electron chi connectivity index (χ2n) is 3.20. The minimum absolute atomic E-state index is 0.00269. The first-order valence-electron chi connectivity index (χ1n) is 4.48. The molecule has 1 N–H and O–H groups in total. The Bertz CT molecular complexity index is 522. The number of aliphatic carboxylic acids is 1. The van der Waals surface area contributed by atoms with Crippen LogP contribution in [0.5, 0.6) is 0 Å². The Kier molecular flexibility index (Phi) is 3.70. The zero-order valence-corrected chi connectivity index (χ0v) is 8.64. The van der Waals surface area contributed by atoms with Gasteiger partial charge in [-0.3, -0.25) is 10.1 Å². The number of carbonyl (C=O) groups is 1. The second-order valence-corrected chi connectivity index (χ2v) is 3.20. The van der Waals surface area contributed by atoms with Gasteiger partial charge in [0.05, 0.1) is 4.92 Å². The fraction of sp³-hybridized carbons (Fsp3) is 0.100. The van der Waals surface area contributed by atoms with Gasteiger partial charge in [0.15, 0.2) is 0 Å². The van der Waals surface area contributed by atoms with Gasteiger partial charge in [-0.05, 0) is 17.7 Å². The molecule has 1 aromatic rings. The summed E-state index contributed by atoms with van der Waals surface area (Å²) in [6.07, 6.45) is -3.20. The largest absolute Gasteiger partial charge is 0.478 e. The second kappa shape index (κ2) is 4.86. The van der Waals surface area contributed by atoms with E-state index in [-0.39, 0.29) is 5.56 Å². The Hall–Kier alpha value is -2.38. The summed E-state index contributed by atoms with van der Waals surface area (Å²) >= 11 is 0. The van der Waals surface area contributed by atoms with Gasteiger partial charge in [0.1, 0.15) is 5.56 Å². The van der Waals surface area contributed by atoms with Gasteiger partial charge in [0, 0.05) is 12.1 Å². The SMILES string of the molecule is O=C(O)/C=C/c1ccc(C(F)(F)F)c([N+](=O)[O-])c1. The quantitative estimate of drug-likeness (QED) is 0.515. The summed E-state index contributed by atoms with van der Waals surface area (Å²) in [7, 11) is 0. The summed E-state index contributed by atoms with van der Waals surface area (Å²) in [5.74, 6) is -1.31. The molecule has 0 aliphatic carbocycles. The van der Waals surface area contributed by atoms with Crippen LogP contribution in [0.2, 0.25) is 0 Å². The molecule has 0 spiro atoms. The monoisotopic (exact) mass is 261 g/mol. The molecule has 0 atom stereocenters. The lowest BCUT2D eigenvalue weighted by atomic mass is 10.1. The molecule has 0 aliphatic heterocycles. The lowest BCUT2D eigenvalue weighted by Gasteiger charge is -2.07. The van der Waals surface area contributed by atoms with Crippen LogP contribution in [-0.2, 0) is 11.0 Å². The van der Waals surface area contributed by atoms with Crippen molar-refractivity contribution in [1.29, 1.82) is 0 Å². The van der Waals surface area contributed by atoms with Crippen LogP contribution in [0.15, 0.2) is 24.3 Å². The number of hydrogen-bond acceptors (Lipinski definition) is 3. The van der Waals surface area contributed by atoms with Crippen LogP contribution in [0.4, 0.5) is 18.9 Å². The van der Waals surface area contributed by atoms with Gasteiger partial charge in [0.25, 0.3) is 5.69 Å². The molecule has 8 heteroatoms. The number of nitro benzene ring substituents is 1. The van der Waals surface area contributed by atoms with Crippen LogP contribution in [0.25, 0.3) is 6.08 Å². The van der Waals surface area contributed by atoms with Gasteiger partial charge in [-0.25, -0.2) is 4.79 Å². The summed E-state index contributed by atoms with van der Waals surface area (Å²) in [6.45, 7) is 0. The molecule has 5 nitrogen and oxygen atoms in total. The summed E-state index contributed by atoms with van der Waals surface area (Å²) in [4.78, 5) is 19.6. The predicted molar refractivity (Wildman–Crippen MR) is 54.8 cm³/mol. The molecule has 0 aromatic heterocycles. The third kappa shape index (κ3) is 3.30. The molecule has 0 aliphatic rings. The summed E-state index contributed by atoms with van der Waals surface area (Å²) in [5.41, 5.74) is -2.49. The van der Waals surface area contributed by atoms with Gasteiger partial charge >= 0.3 is 12.1 Å². The number of benzene rings is 1. The van der Waals surface area contributed by atoms with E-state index in [2.05, 4.69) is 0 Å². The lowest BCUT2D eigenvalue weighted by molar-refractivity contribution is -0.388. The molecule has 18 heavy (non-hydrogen) atoms. The van der Waals surface area contributed by atoms with Gasteiger partial charge in [-0.15, -0.1) is 0 Å². The number of carboxylic acids is 1. The van der Waals surface area contributed by atoms with E-state index in [4.69, 9.17) is 5.11 Å². The molecule has 0 saturated carbocycles. The number of nitro groups is 1. The highest BCUT2D eigenvalue weighted by atomic mass is 19.4. The first-order chi connectivity index (χ1) is 8.21. The van der Waals surface area contributed by atoms with Crippen molar-refractivity contribution < 1.29 is 28.0 Å². The van der Waals surface area contributed by atoms with Gasteiger partial charge < -0.3 is 5.11 Å². The number of halogens is 3. The maximum absolute atomic E-state index is 12.4. The van der Waals surface area contributed by atoms with Crippen LogP contribution in [0, 0.1) is 10.1 Å². The van der Waals surface area contributed by atoms with E-state index in [1.807, 2.05) is 0 Å². The van der Waals surface area contributed by atoms with Crippen molar-refractivity contribution in [2.75, 3.05) is 0 Å². The summed E-state index contributed by atoms with van der Waals surface area (Å²) < 4.78 is 37.3. The predicted octanol–water partition coefficient (Wildman–Crippen LogP) is 2.71. The highest BCUT2D eigenvalue weighted by Crippen LogP contribution is 2.36. The zero-order chi connectivity index (χ0) is 13.9. The molecule has 96 valence electrons. The Labute approximate surface area is 98.3 Å². The molecule has 0 amide bonds. The molecule has 0 radical (unpaired) electrons. The number of alkyl halides is 3. The van der Waals surface area contributed by atoms with Crippen molar-refractivity contribution in [2.24, 2.45) is 0 Å². The van der Waals surface area contributed by atoms with Crippen molar-refractivity contribution >= 4 is 17.7 Å². The van der Waals surface area contributed by atoms with Crippen LogP contribution in [0.3, 0.4) is 0 Å². The number of rotatable bonds is 3. The minimum Gasteiger partial charge on any atom is -0.478 e. The number of nitrogens with zero attached hydrogens (tertiary/aromatic N) is 1. The van der Waals surface area contributed by atoms with Crippen LogP contribution < -0.4 is 0 Å². The summed E-state index contributed by atoms with van der Waals surface area (Å²) in [6, 6.07) is 2.16. The van der Waals surface area contributed by atoms with Gasteiger partial charge in [-0.2, -0.15) is 13.2 Å². The lowest BCUT2D eigenvalue weighted by Crippen LogP contribution is -2.08.